The van der Waals surface area contributed by atoms with Crippen molar-refractivity contribution >= 4 is 16.8 Å². The number of benzene rings is 2. The van der Waals surface area contributed by atoms with E-state index >= 15 is 0 Å². The van der Waals surface area contributed by atoms with Gasteiger partial charge in [-0.05, 0) is 86.0 Å². The van der Waals surface area contributed by atoms with E-state index in [1.54, 1.807) is 11.0 Å². The van der Waals surface area contributed by atoms with Crippen molar-refractivity contribution in [3.8, 4) is 5.75 Å². The number of carbonyl (C=O) groups excluding carboxylic acids is 1. The van der Waals surface area contributed by atoms with Gasteiger partial charge in [-0.25, -0.2) is 4.39 Å². The number of aromatic amines is 1. The van der Waals surface area contributed by atoms with E-state index in [-0.39, 0.29) is 11.7 Å². The number of rotatable bonds is 7. The third-order valence-corrected chi connectivity index (χ3v) is 8.09. The summed E-state index contributed by atoms with van der Waals surface area (Å²) in [5, 5.41) is 0.991. The fourth-order valence-electron chi connectivity index (χ4n) is 5.90. The minimum Gasteiger partial charge on any atom is -0.492 e. The van der Waals surface area contributed by atoms with Crippen LogP contribution in [0.3, 0.4) is 0 Å². The van der Waals surface area contributed by atoms with Crippen LogP contribution in [0, 0.1) is 11.7 Å². The number of nitrogens with one attached hydrogen (secondary N) is 1. The van der Waals surface area contributed by atoms with Gasteiger partial charge in [-0.2, -0.15) is 0 Å². The van der Waals surface area contributed by atoms with Crippen LogP contribution in [-0.2, 0) is 19.4 Å². The molecule has 1 unspecified atom stereocenters. The lowest BCUT2D eigenvalue weighted by Crippen LogP contribution is -2.47. The van der Waals surface area contributed by atoms with Crippen LogP contribution in [0.4, 0.5) is 4.39 Å². The van der Waals surface area contributed by atoms with Gasteiger partial charge in [0.05, 0.1) is 0 Å². The number of aryl methyl sites for hydroxylation is 1. The number of nitrogens with zero attached hydrogens (tertiary/aromatic N) is 2. The molecule has 3 heterocycles. The summed E-state index contributed by atoms with van der Waals surface area (Å²) < 4.78 is 20.0. The van der Waals surface area contributed by atoms with Gasteiger partial charge in [0.25, 0.3) is 5.91 Å². The van der Waals surface area contributed by atoms with Crippen molar-refractivity contribution in [3.05, 3.63) is 64.6 Å². The molecule has 5 nitrogen and oxygen atoms in total. The van der Waals surface area contributed by atoms with Crippen LogP contribution in [0.1, 0.15) is 52.7 Å². The highest BCUT2D eigenvalue weighted by Gasteiger charge is 2.34. The summed E-state index contributed by atoms with van der Waals surface area (Å²) in [4.78, 5) is 20.2. The zero-order valence-corrected chi connectivity index (χ0v) is 19.8. The average molecular weight is 462 g/mol. The Bertz CT molecular complexity index is 1230. The number of fused-ring (bicyclic) bond motifs is 4. The maximum Gasteiger partial charge on any atom is 0.254 e. The number of carbonyl (C=O) groups is 1. The lowest BCUT2D eigenvalue weighted by atomic mass is 9.84. The van der Waals surface area contributed by atoms with E-state index in [0.29, 0.717) is 19.2 Å². The van der Waals surface area contributed by atoms with Gasteiger partial charge in [-0.15, -0.1) is 0 Å². The summed E-state index contributed by atoms with van der Waals surface area (Å²) in [6.07, 6.45) is 8.87. The number of amides is 1. The molecule has 0 bridgehead atoms. The van der Waals surface area contributed by atoms with Crippen molar-refractivity contribution in [2.24, 2.45) is 5.92 Å². The second-order valence-electron chi connectivity index (χ2n) is 10.3. The molecule has 0 saturated heterocycles. The molecule has 6 rings (SSSR count). The second kappa shape index (κ2) is 8.73. The first-order valence-electron chi connectivity index (χ1n) is 12.6. The summed E-state index contributed by atoms with van der Waals surface area (Å²) in [5.74, 6) is 1.65. The molecule has 1 amide bonds. The van der Waals surface area contributed by atoms with Gasteiger partial charge in [0.2, 0.25) is 0 Å². The van der Waals surface area contributed by atoms with Gasteiger partial charge < -0.3 is 14.6 Å². The molecular formula is C28H32FN3O2. The molecule has 178 valence electrons. The molecule has 1 saturated carbocycles. The van der Waals surface area contributed by atoms with Gasteiger partial charge >= 0.3 is 0 Å². The predicted molar refractivity (Wildman–Crippen MR) is 131 cm³/mol. The van der Waals surface area contributed by atoms with Gasteiger partial charge in [0, 0.05) is 54.4 Å². The Morgan fingerprint density at radius 2 is 2.09 bits per heavy atom. The van der Waals surface area contributed by atoms with Gasteiger partial charge in [-0.3, -0.25) is 9.69 Å². The number of halogens is 1. The van der Waals surface area contributed by atoms with Gasteiger partial charge in [-0.1, -0.05) is 6.42 Å². The molecule has 1 aliphatic carbocycles. The third-order valence-electron chi connectivity index (χ3n) is 8.09. The quantitative estimate of drug-likeness (QED) is 0.543. The van der Waals surface area contributed by atoms with Crippen LogP contribution in [0.5, 0.6) is 5.75 Å². The van der Waals surface area contributed by atoms with Crippen LogP contribution in [-0.4, -0.2) is 53.5 Å². The zero-order valence-electron chi connectivity index (χ0n) is 19.8. The molecular weight excluding hydrogens is 429 g/mol. The maximum absolute atomic E-state index is 13.8. The normalized spacial score (nSPS) is 19.9. The maximum atomic E-state index is 13.8. The summed E-state index contributed by atoms with van der Waals surface area (Å²) >= 11 is 0. The van der Waals surface area contributed by atoms with E-state index in [9.17, 15) is 9.18 Å². The topological polar surface area (TPSA) is 48.6 Å². The monoisotopic (exact) mass is 461 g/mol. The van der Waals surface area contributed by atoms with E-state index in [1.165, 1.54) is 36.5 Å². The van der Waals surface area contributed by atoms with Crippen LogP contribution < -0.4 is 4.74 Å². The van der Waals surface area contributed by atoms with Crippen molar-refractivity contribution in [1.29, 1.82) is 0 Å². The Balaban J connectivity index is 1.18. The first kappa shape index (κ1) is 21.7. The van der Waals surface area contributed by atoms with E-state index in [1.807, 2.05) is 31.4 Å². The lowest BCUT2D eigenvalue weighted by Gasteiger charge is -2.39. The number of H-pyrrole nitrogens is 1. The highest BCUT2D eigenvalue weighted by molar-refractivity contribution is 5.99. The number of ether oxygens (including phenoxy) is 1. The van der Waals surface area contributed by atoms with Crippen molar-refractivity contribution in [2.75, 3.05) is 26.7 Å². The number of aromatic nitrogens is 1. The molecule has 0 radical (unpaired) electrons. The molecule has 1 N–H and O–H groups in total. The standard InChI is InChI=1S/C28H32FN3O2/c1-31-16-25-22(28(31)33)8-10-27-24(25)13-21(17-34-27)32(15-18-4-2-5-18)11-3-6-19-14-30-26-9-7-20(29)12-23(19)26/h7-10,12,14,18,21,30H,2-6,11,13,15-17H2,1H3. The molecule has 1 atom stereocenters. The Morgan fingerprint density at radius 1 is 1.21 bits per heavy atom. The Hall–Kier alpha value is -2.86. The Kier molecular flexibility index (Phi) is 5.56. The van der Waals surface area contributed by atoms with Crippen molar-refractivity contribution < 1.29 is 13.9 Å². The van der Waals surface area contributed by atoms with E-state index < -0.39 is 0 Å². The minimum absolute atomic E-state index is 0.112. The van der Waals surface area contributed by atoms with E-state index in [2.05, 4.69) is 9.88 Å². The van der Waals surface area contributed by atoms with Crippen LogP contribution >= 0.6 is 0 Å². The predicted octanol–water partition coefficient (Wildman–Crippen LogP) is 4.93. The summed E-state index contributed by atoms with van der Waals surface area (Å²) in [6.45, 7) is 3.48. The molecule has 34 heavy (non-hydrogen) atoms. The van der Waals surface area contributed by atoms with Crippen molar-refractivity contribution in [1.82, 2.24) is 14.8 Å². The van der Waals surface area contributed by atoms with Crippen LogP contribution in [0.2, 0.25) is 0 Å². The molecule has 2 aromatic carbocycles. The smallest absolute Gasteiger partial charge is 0.254 e. The molecule has 3 aliphatic rings. The summed E-state index contributed by atoms with van der Waals surface area (Å²) in [5.41, 5.74) is 5.38. The molecule has 1 fully saturated rings. The minimum atomic E-state index is -0.186. The first-order valence-corrected chi connectivity index (χ1v) is 12.6. The average Bonchev–Trinajstić information content (AvgIpc) is 3.34. The van der Waals surface area contributed by atoms with Crippen LogP contribution in [0.25, 0.3) is 10.9 Å². The summed E-state index contributed by atoms with van der Waals surface area (Å²) in [7, 11) is 1.87. The van der Waals surface area contributed by atoms with Gasteiger partial charge in [0.1, 0.15) is 18.2 Å². The largest absolute Gasteiger partial charge is 0.492 e. The molecule has 0 spiro atoms. The lowest BCUT2D eigenvalue weighted by molar-refractivity contribution is 0.0815. The molecule has 2 aliphatic heterocycles. The van der Waals surface area contributed by atoms with Crippen molar-refractivity contribution in [2.45, 2.75) is 51.1 Å². The van der Waals surface area contributed by atoms with E-state index in [0.717, 1.165) is 66.0 Å². The van der Waals surface area contributed by atoms with Gasteiger partial charge in [0.15, 0.2) is 0 Å². The zero-order chi connectivity index (χ0) is 23.2. The summed E-state index contributed by atoms with van der Waals surface area (Å²) in [6, 6.07) is 9.18. The van der Waals surface area contributed by atoms with Crippen LogP contribution in [0.15, 0.2) is 36.5 Å². The highest BCUT2D eigenvalue weighted by Crippen LogP contribution is 2.37. The third kappa shape index (κ3) is 3.88. The first-order chi connectivity index (χ1) is 16.6. The molecule has 6 heteroatoms. The molecule has 1 aromatic heterocycles. The SMILES string of the molecule is CN1Cc2c(ccc3c2CC(N(CCCc2c[nH]c4ccc(F)cc24)CC2CCC2)CO3)C1=O. The number of hydrogen-bond acceptors (Lipinski definition) is 3. The Morgan fingerprint density at radius 3 is 2.91 bits per heavy atom. The highest BCUT2D eigenvalue weighted by atomic mass is 19.1. The fraction of sp³-hybridized carbons (Fsp3) is 0.464. The Labute approximate surface area is 199 Å². The fourth-order valence-corrected chi connectivity index (χ4v) is 5.90. The van der Waals surface area contributed by atoms with E-state index in [4.69, 9.17) is 4.74 Å². The van der Waals surface area contributed by atoms with Crippen molar-refractivity contribution in [3.63, 3.8) is 0 Å². The molecule has 3 aromatic rings. The number of hydrogen-bond donors (Lipinski definition) is 1. The second-order valence-corrected chi connectivity index (χ2v) is 10.3.